The molecule has 0 aromatic heterocycles. The van der Waals surface area contributed by atoms with Gasteiger partial charge in [0.05, 0.1) is 16.3 Å². The van der Waals surface area contributed by atoms with E-state index in [1.54, 1.807) is 42.5 Å². The summed E-state index contributed by atoms with van der Waals surface area (Å²) in [5.74, 6) is -0.111. The minimum Gasteiger partial charge on any atom is -0.482 e. The maximum atomic E-state index is 12.7. The zero-order chi connectivity index (χ0) is 19.9. The van der Waals surface area contributed by atoms with Gasteiger partial charge in [0.15, 0.2) is 6.61 Å². The van der Waals surface area contributed by atoms with E-state index in [1.807, 2.05) is 0 Å². The lowest BCUT2D eigenvalue weighted by molar-refractivity contribution is -0.118. The number of rotatable bonds is 6. The average molecular weight is 466 g/mol. The van der Waals surface area contributed by atoms with E-state index in [0.29, 0.717) is 22.0 Å². The Balaban J connectivity index is 1.60. The summed E-state index contributed by atoms with van der Waals surface area (Å²) in [6.07, 6.45) is 5.50. The van der Waals surface area contributed by atoms with Crippen LogP contribution < -0.4 is 15.4 Å². The second kappa shape index (κ2) is 9.94. The topological polar surface area (TPSA) is 67.4 Å². The lowest BCUT2D eigenvalue weighted by Gasteiger charge is -2.23. The van der Waals surface area contributed by atoms with Crippen LogP contribution in [-0.2, 0) is 4.79 Å². The Morgan fingerprint density at radius 1 is 1.11 bits per heavy atom. The zero-order valence-electron chi connectivity index (χ0n) is 15.3. The molecule has 1 aliphatic rings. The molecule has 0 radical (unpaired) electrons. The van der Waals surface area contributed by atoms with E-state index in [0.717, 1.165) is 30.2 Å². The van der Waals surface area contributed by atoms with Crippen LogP contribution >= 0.6 is 27.5 Å². The molecule has 7 heteroatoms. The first-order chi connectivity index (χ1) is 13.5. The standard InChI is InChI=1S/C21H22BrClN2O3/c22-14-10-11-19(17(23)12-14)28-13-20(26)25-18-9-5-4-8-16(18)21(27)24-15-6-2-1-3-7-15/h4-5,8-12,15H,1-3,6-7,13H2,(H,24,27)(H,25,26). The highest BCUT2D eigenvalue weighted by Crippen LogP contribution is 2.27. The Kier molecular flexibility index (Phi) is 7.34. The van der Waals surface area contributed by atoms with Crippen LogP contribution in [0.25, 0.3) is 0 Å². The summed E-state index contributed by atoms with van der Waals surface area (Å²) in [7, 11) is 0. The molecule has 2 aromatic carbocycles. The molecule has 1 aliphatic carbocycles. The Hall–Kier alpha value is -2.05. The number of hydrogen-bond acceptors (Lipinski definition) is 3. The highest BCUT2D eigenvalue weighted by atomic mass is 79.9. The van der Waals surface area contributed by atoms with Gasteiger partial charge in [-0.15, -0.1) is 0 Å². The third kappa shape index (κ3) is 5.72. The third-order valence-electron chi connectivity index (χ3n) is 4.64. The highest BCUT2D eigenvalue weighted by Gasteiger charge is 2.19. The van der Waals surface area contributed by atoms with Crippen molar-refractivity contribution in [3.05, 3.63) is 57.5 Å². The van der Waals surface area contributed by atoms with E-state index in [9.17, 15) is 9.59 Å². The molecular weight excluding hydrogens is 444 g/mol. The number of nitrogens with one attached hydrogen (secondary N) is 2. The lowest BCUT2D eigenvalue weighted by atomic mass is 9.95. The molecule has 0 atom stereocenters. The maximum Gasteiger partial charge on any atom is 0.262 e. The molecule has 28 heavy (non-hydrogen) atoms. The summed E-state index contributed by atoms with van der Waals surface area (Å²) < 4.78 is 6.31. The van der Waals surface area contributed by atoms with Gasteiger partial charge in [-0.1, -0.05) is 58.9 Å². The normalized spacial score (nSPS) is 14.4. The van der Waals surface area contributed by atoms with Gasteiger partial charge in [-0.25, -0.2) is 0 Å². The number of ether oxygens (including phenoxy) is 1. The second-order valence-corrected chi connectivity index (χ2v) is 8.09. The van der Waals surface area contributed by atoms with E-state index in [-0.39, 0.29) is 24.5 Å². The predicted molar refractivity (Wildman–Crippen MR) is 114 cm³/mol. The van der Waals surface area contributed by atoms with Crippen LogP contribution in [0.1, 0.15) is 42.5 Å². The number of halogens is 2. The Labute approximate surface area is 177 Å². The Morgan fingerprint density at radius 2 is 1.86 bits per heavy atom. The fourth-order valence-electron chi connectivity index (χ4n) is 3.22. The van der Waals surface area contributed by atoms with E-state index in [4.69, 9.17) is 16.3 Å². The summed E-state index contributed by atoms with van der Waals surface area (Å²) in [5, 5.41) is 6.24. The minimum absolute atomic E-state index is 0.167. The smallest absolute Gasteiger partial charge is 0.262 e. The summed E-state index contributed by atoms with van der Waals surface area (Å²) in [5.41, 5.74) is 0.911. The van der Waals surface area contributed by atoms with Crippen LogP contribution in [0.15, 0.2) is 46.9 Å². The molecule has 0 spiro atoms. The molecule has 2 N–H and O–H groups in total. The van der Waals surface area contributed by atoms with Crippen molar-refractivity contribution >= 4 is 45.0 Å². The van der Waals surface area contributed by atoms with Crippen molar-refractivity contribution in [2.24, 2.45) is 0 Å². The van der Waals surface area contributed by atoms with Gasteiger partial charge < -0.3 is 15.4 Å². The zero-order valence-corrected chi connectivity index (χ0v) is 17.7. The van der Waals surface area contributed by atoms with Crippen molar-refractivity contribution in [1.82, 2.24) is 5.32 Å². The quantitative estimate of drug-likeness (QED) is 0.617. The van der Waals surface area contributed by atoms with Crippen molar-refractivity contribution < 1.29 is 14.3 Å². The van der Waals surface area contributed by atoms with Crippen molar-refractivity contribution in [3.8, 4) is 5.75 Å². The largest absolute Gasteiger partial charge is 0.482 e. The van der Waals surface area contributed by atoms with E-state index in [1.165, 1.54) is 6.42 Å². The number of para-hydroxylation sites is 1. The fourth-order valence-corrected chi connectivity index (χ4v) is 3.95. The summed E-state index contributed by atoms with van der Waals surface area (Å²) >= 11 is 9.41. The van der Waals surface area contributed by atoms with E-state index < -0.39 is 0 Å². The molecule has 2 amide bonds. The first kappa shape index (κ1) is 20.7. The van der Waals surface area contributed by atoms with Crippen molar-refractivity contribution in [3.63, 3.8) is 0 Å². The molecule has 148 valence electrons. The number of carbonyl (C=O) groups is 2. The maximum absolute atomic E-state index is 12.7. The molecule has 0 aliphatic heterocycles. The van der Waals surface area contributed by atoms with Gasteiger partial charge in [0.2, 0.25) is 0 Å². The first-order valence-corrected chi connectivity index (χ1v) is 10.5. The van der Waals surface area contributed by atoms with Gasteiger partial charge in [0.25, 0.3) is 11.8 Å². The number of amides is 2. The van der Waals surface area contributed by atoms with Gasteiger partial charge in [-0.05, 0) is 43.2 Å². The molecule has 1 saturated carbocycles. The van der Waals surface area contributed by atoms with Crippen LogP contribution in [0.5, 0.6) is 5.75 Å². The van der Waals surface area contributed by atoms with Crippen LogP contribution in [0.3, 0.4) is 0 Å². The van der Waals surface area contributed by atoms with Crippen LogP contribution in [-0.4, -0.2) is 24.5 Å². The number of hydrogen-bond donors (Lipinski definition) is 2. The molecule has 3 rings (SSSR count). The first-order valence-electron chi connectivity index (χ1n) is 9.30. The van der Waals surface area contributed by atoms with Gasteiger partial charge in [0, 0.05) is 10.5 Å². The SMILES string of the molecule is O=C(COc1ccc(Br)cc1Cl)Nc1ccccc1C(=O)NC1CCCCC1. The number of carbonyl (C=O) groups excluding carboxylic acids is 2. The van der Waals surface area contributed by atoms with E-state index in [2.05, 4.69) is 26.6 Å². The second-order valence-electron chi connectivity index (χ2n) is 6.77. The van der Waals surface area contributed by atoms with Gasteiger partial charge in [0.1, 0.15) is 5.75 Å². The lowest BCUT2D eigenvalue weighted by Crippen LogP contribution is -2.36. The molecule has 0 heterocycles. The van der Waals surface area contributed by atoms with Crippen LogP contribution in [0.2, 0.25) is 5.02 Å². The Morgan fingerprint density at radius 3 is 2.61 bits per heavy atom. The minimum atomic E-state index is -0.364. The summed E-state index contributed by atoms with van der Waals surface area (Å²) in [4.78, 5) is 25.0. The summed E-state index contributed by atoms with van der Waals surface area (Å²) in [6, 6.07) is 12.3. The molecule has 1 fully saturated rings. The number of benzene rings is 2. The van der Waals surface area contributed by atoms with Crippen molar-refractivity contribution in [2.45, 2.75) is 38.1 Å². The van der Waals surface area contributed by atoms with Gasteiger partial charge in [-0.3, -0.25) is 9.59 Å². The third-order valence-corrected chi connectivity index (χ3v) is 5.43. The highest BCUT2D eigenvalue weighted by molar-refractivity contribution is 9.10. The van der Waals surface area contributed by atoms with Crippen LogP contribution in [0.4, 0.5) is 5.69 Å². The molecule has 0 bridgehead atoms. The summed E-state index contributed by atoms with van der Waals surface area (Å²) in [6.45, 7) is -0.208. The fraction of sp³-hybridized carbons (Fsp3) is 0.333. The molecule has 0 saturated heterocycles. The predicted octanol–water partition coefficient (Wildman–Crippen LogP) is 5.18. The van der Waals surface area contributed by atoms with Crippen LogP contribution in [0, 0.1) is 0 Å². The average Bonchev–Trinajstić information content (AvgIpc) is 2.68. The van der Waals surface area contributed by atoms with Crippen molar-refractivity contribution in [1.29, 1.82) is 0 Å². The van der Waals surface area contributed by atoms with Gasteiger partial charge >= 0.3 is 0 Å². The van der Waals surface area contributed by atoms with E-state index >= 15 is 0 Å². The van der Waals surface area contributed by atoms with Crippen molar-refractivity contribution in [2.75, 3.05) is 11.9 Å². The molecule has 2 aromatic rings. The molecule has 0 unspecified atom stereocenters. The number of anilines is 1. The molecular formula is C21H22BrClN2O3. The molecule has 5 nitrogen and oxygen atoms in total. The monoisotopic (exact) mass is 464 g/mol. The Bertz CT molecular complexity index is 853. The van der Waals surface area contributed by atoms with Gasteiger partial charge in [-0.2, -0.15) is 0 Å².